The van der Waals surface area contributed by atoms with Gasteiger partial charge >= 0.3 is 0 Å². The van der Waals surface area contributed by atoms with Crippen molar-refractivity contribution in [3.8, 4) is 0 Å². The van der Waals surface area contributed by atoms with Crippen molar-refractivity contribution in [2.45, 2.75) is 254 Å². The molecular formula is C46H87NO13. The lowest BCUT2D eigenvalue weighted by molar-refractivity contribution is -0.359. The smallest absolute Gasteiger partial charge is 0.220 e. The molecule has 1 amide bonds. The van der Waals surface area contributed by atoms with Crippen molar-refractivity contribution < 1.29 is 64.6 Å². The molecule has 14 heteroatoms. The van der Waals surface area contributed by atoms with Crippen LogP contribution in [0.5, 0.6) is 0 Å². The summed E-state index contributed by atoms with van der Waals surface area (Å²) in [5.74, 6) is -0.240. The van der Waals surface area contributed by atoms with Gasteiger partial charge in [-0.05, 0) is 19.3 Å². The number of ether oxygens (including phenoxy) is 4. The molecule has 0 aliphatic carbocycles. The molecule has 2 saturated heterocycles. The van der Waals surface area contributed by atoms with Crippen molar-refractivity contribution >= 4 is 5.91 Å². The molecule has 0 radical (unpaired) electrons. The molecule has 9 N–H and O–H groups in total. The van der Waals surface area contributed by atoms with Crippen LogP contribution >= 0.6 is 0 Å². The van der Waals surface area contributed by atoms with Crippen LogP contribution in [-0.4, -0.2) is 140 Å². The van der Waals surface area contributed by atoms with Crippen molar-refractivity contribution in [2.75, 3.05) is 19.8 Å². The molecule has 2 rings (SSSR count). The highest BCUT2D eigenvalue weighted by Gasteiger charge is 2.51. The summed E-state index contributed by atoms with van der Waals surface area (Å²) in [5.41, 5.74) is 0. The summed E-state index contributed by atoms with van der Waals surface area (Å²) in [6.07, 6.45) is 16.8. The highest BCUT2D eigenvalue weighted by Crippen LogP contribution is 2.30. The van der Waals surface area contributed by atoms with E-state index in [-0.39, 0.29) is 18.9 Å². The normalized spacial score (nSPS) is 28.3. The lowest BCUT2D eigenvalue weighted by Crippen LogP contribution is -2.65. The van der Waals surface area contributed by atoms with Crippen molar-refractivity contribution in [1.82, 2.24) is 5.32 Å². The molecule has 0 bridgehead atoms. The van der Waals surface area contributed by atoms with E-state index >= 15 is 0 Å². The van der Waals surface area contributed by atoms with E-state index in [0.717, 1.165) is 38.5 Å². The predicted octanol–water partition coefficient (Wildman–Crippen LogP) is 5.21. The average Bonchev–Trinajstić information content (AvgIpc) is 3.24. The van der Waals surface area contributed by atoms with Gasteiger partial charge in [-0.15, -0.1) is 0 Å². The van der Waals surface area contributed by atoms with Gasteiger partial charge in [-0.3, -0.25) is 4.79 Å². The SMILES string of the molecule is CCCCCCCCCCCCC/C=C/[C@@H](O)[C@H](CO[C@@H]1OC(CO)[C@@H](O[C@@H]2OC(CO)[C@@H](O)[C@H](O)C2O)[C@H](O)C1O)NC(=O)CCCCCCCCCCCCCCC. The number of hydrogen-bond acceptors (Lipinski definition) is 13. The summed E-state index contributed by atoms with van der Waals surface area (Å²) < 4.78 is 22.6. The Labute approximate surface area is 361 Å². The van der Waals surface area contributed by atoms with Crippen LogP contribution in [0.2, 0.25) is 0 Å². The van der Waals surface area contributed by atoms with Crippen molar-refractivity contribution in [3.05, 3.63) is 12.2 Å². The molecule has 0 aromatic carbocycles. The molecule has 0 saturated carbocycles. The highest BCUT2D eigenvalue weighted by molar-refractivity contribution is 5.76. The summed E-state index contributed by atoms with van der Waals surface area (Å²) in [6, 6.07) is -0.906. The molecule has 2 fully saturated rings. The number of nitrogens with one attached hydrogen (secondary N) is 1. The number of aliphatic hydroxyl groups excluding tert-OH is 8. The van der Waals surface area contributed by atoms with Crippen LogP contribution in [0, 0.1) is 0 Å². The first kappa shape index (κ1) is 54.9. The fourth-order valence-corrected chi connectivity index (χ4v) is 8.00. The molecule has 354 valence electrons. The molecule has 60 heavy (non-hydrogen) atoms. The number of hydrogen-bond donors (Lipinski definition) is 9. The first-order valence-corrected chi connectivity index (χ1v) is 23.9. The predicted molar refractivity (Wildman–Crippen MR) is 231 cm³/mol. The van der Waals surface area contributed by atoms with Crippen molar-refractivity contribution in [1.29, 1.82) is 0 Å². The quantitative estimate of drug-likeness (QED) is 0.0292. The van der Waals surface area contributed by atoms with Crippen molar-refractivity contribution in [3.63, 3.8) is 0 Å². The van der Waals surface area contributed by atoms with Gasteiger partial charge in [0.05, 0.1) is 32.0 Å². The molecule has 0 aromatic rings. The monoisotopic (exact) mass is 862 g/mol. The van der Waals surface area contributed by atoms with Crippen LogP contribution in [-0.2, 0) is 23.7 Å². The third kappa shape index (κ3) is 21.9. The summed E-state index contributed by atoms with van der Waals surface area (Å²) >= 11 is 0. The molecule has 4 unspecified atom stereocenters. The van der Waals surface area contributed by atoms with Gasteiger partial charge < -0.3 is 65.1 Å². The summed E-state index contributed by atoms with van der Waals surface area (Å²) in [5, 5.41) is 86.5. The molecule has 2 aliphatic heterocycles. The number of amides is 1. The van der Waals surface area contributed by atoms with Gasteiger partial charge in [0, 0.05) is 6.42 Å². The zero-order valence-corrected chi connectivity index (χ0v) is 37.2. The van der Waals surface area contributed by atoms with E-state index in [9.17, 15) is 45.6 Å². The summed E-state index contributed by atoms with van der Waals surface area (Å²) in [4.78, 5) is 13.1. The van der Waals surface area contributed by atoms with Gasteiger partial charge in [0.25, 0.3) is 0 Å². The van der Waals surface area contributed by atoms with Crippen LogP contribution in [0.3, 0.4) is 0 Å². The Kier molecular flexibility index (Phi) is 31.3. The van der Waals surface area contributed by atoms with Gasteiger partial charge in [0.2, 0.25) is 5.91 Å². The van der Waals surface area contributed by atoms with Crippen molar-refractivity contribution in [2.24, 2.45) is 0 Å². The first-order chi connectivity index (χ1) is 29.1. The van der Waals surface area contributed by atoms with E-state index in [1.807, 2.05) is 6.08 Å². The minimum Gasteiger partial charge on any atom is -0.394 e. The standard InChI is InChI=1S/C46H87NO13/c1-3-5-7-9-11-13-15-17-19-21-23-25-27-29-35(50)34(47-38(51)30-28-26-24-22-20-18-16-14-12-10-8-6-4-2)33-57-45-43(56)41(54)44(37(32-49)59-45)60-46-42(55)40(53)39(52)36(31-48)58-46/h27,29,34-37,39-46,48-50,52-56H,3-26,28,30-33H2,1-2H3,(H,47,51)/b29-27+/t34-,35+,36?,37?,39+,40-,41+,42?,43?,44+,45+,46-/m0/s1. The molecule has 0 spiro atoms. The minimum atomic E-state index is -1.78. The number of aliphatic hydroxyl groups is 8. The van der Waals surface area contributed by atoms with E-state index < -0.39 is 86.8 Å². The topological polar surface area (TPSA) is 228 Å². The minimum absolute atomic E-state index is 0.240. The van der Waals surface area contributed by atoms with E-state index in [2.05, 4.69) is 19.2 Å². The van der Waals surface area contributed by atoms with Gasteiger partial charge in [-0.25, -0.2) is 0 Å². The summed E-state index contributed by atoms with van der Waals surface area (Å²) in [6.45, 7) is 2.77. The van der Waals surface area contributed by atoms with Crippen LogP contribution in [0.4, 0.5) is 0 Å². The Morgan fingerprint density at radius 1 is 0.583 bits per heavy atom. The van der Waals surface area contributed by atoms with Gasteiger partial charge in [0.15, 0.2) is 12.6 Å². The first-order valence-electron chi connectivity index (χ1n) is 23.9. The zero-order valence-electron chi connectivity index (χ0n) is 37.2. The number of carbonyl (C=O) groups is 1. The highest BCUT2D eigenvalue weighted by atomic mass is 16.7. The maximum atomic E-state index is 13.1. The fourth-order valence-electron chi connectivity index (χ4n) is 8.00. The van der Waals surface area contributed by atoms with E-state index in [1.165, 1.54) is 116 Å². The third-order valence-electron chi connectivity index (χ3n) is 12.0. The molecule has 12 atom stereocenters. The molecule has 0 aromatic heterocycles. The molecule has 14 nitrogen and oxygen atoms in total. The average molecular weight is 862 g/mol. The zero-order chi connectivity index (χ0) is 44.0. The van der Waals surface area contributed by atoms with E-state index in [0.29, 0.717) is 6.42 Å². The summed E-state index contributed by atoms with van der Waals surface area (Å²) in [7, 11) is 0. The van der Waals surface area contributed by atoms with Gasteiger partial charge in [-0.2, -0.15) is 0 Å². The van der Waals surface area contributed by atoms with Crippen LogP contribution in [0.1, 0.15) is 181 Å². The van der Waals surface area contributed by atoms with Crippen LogP contribution in [0.25, 0.3) is 0 Å². The second kappa shape index (κ2) is 34.2. The van der Waals surface area contributed by atoms with Gasteiger partial charge in [-0.1, -0.05) is 167 Å². The Hall–Kier alpha value is -1.27. The lowest BCUT2D eigenvalue weighted by atomic mass is 9.97. The Morgan fingerprint density at radius 2 is 1.03 bits per heavy atom. The Balaban J connectivity index is 1.89. The number of allylic oxidation sites excluding steroid dienone is 1. The van der Waals surface area contributed by atoms with E-state index in [4.69, 9.17) is 18.9 Å². The maximum absolute atomic E-state index is 13.1. The number of unbranched alkanes of at least 4 members (excludes halogenated alkanes) is 23. The third-order valence-corrected chi connectivity index (χ3v) is 12.0. The second-order valence-corrected chi connectivity index (χ2v) is 17.2. The Bertz CT molecular complexity index is 1070. The largest absolute Gasteiger partial charge is 0.394 e. The second-order valence-electron chi connectivity index (χ2n) is 17.2. The van der Waals surface area contributed by atoms with E-state index in [1.54, 1.807) is 6.08 Å². The molecule has 2 aliphatic rings. The fraction of sp³-hybridized carbons (Fsp3) is 0.935. The number of rotatable bonds is 36. The number of carbonyl (C=O) groups excluding carboxylic acids is 1. The Morgan fingerprint density at radius 3 is 1.53 bits per heavy atom. The molecular weight excluding hydrogens is 774 g/mol. The maximum Gasteiger partial charge on any atom is 0.220 e. The van der Waals surface area contributed by atoms with Gasteiger partial charge in [0.1, 0.15) is 48.8 Å². The van der Waals surface area contributed by atoms with Crippen LogP contribution < -0.4 is 5.32 Å². The molecule has 2 heterocycles. The lowest BCUT2D eigenvalue weighted by Gasteiger charge is -2.46. The van der Waals surface area contributed by atoms with Crippen LogP contribution in [0.15, 0.2) is 12.2 Å².